The van der Waals surface area contributed by atoms with Crippen molar-refractivity contribution in [2.75, 3.05) is 26.2 Å². The van der Waals surface area contributed by atoms with Crippen LogP contribution in [0.3, 0.4) is 0 Å². The third kappa shape index (κ3) is 5.03. The molecule has 1 aliphatic rings. The van der Waals surface area contributed by atoms with Crippen LogP contribution in [0.5, 0.6) is 5.75 Å². The molecule has 0 radical (unpaired) electrons. The normalized spacial score (nSPS) is 14.5. The summed E-state index contributed by atoms with van der Waals surface area (Å²) in [5.74, 6) is 0.224. The van der Waals surface area contributed by atoms with Gasteiger partial charge in [0.1, 0.15) is 12.4 Å². The van der Waals surface area contributed by atoms with E-state index in [1.807, 2.05) is 13.8 Å². The maximum atomic E-state index is 12.5. The third-order valence-corrected chi connectivity index (χ3v) is 3.87. The van der Waals surface area contributed by atoms with E-state index in [-0.39, 0.29) is 37.6 Å². The number of ether oxygens (including phenoxy) is 1. The zero-order valence-corrected chi connectivity index (χ0v) is 14.5. The average molecular weight is 349 g/mol. The Morgan fingerprint density at radius 1 is 1.48 bits per heavy atom. The van der Waals surface area contributed by atoms with E-state index in [0.29, 0.717) is 36.2 Å². The minimum absolute atomic E-state index is 0.0381. The first kappa shape index (κ1) is 18.9. The Morgan fingerprint density at radius 3 is 2.88 bits per heavy atom. The van der Waals surface area contributed by atoms with Gasteiger partial charge in [-0.3, -0.25) is 9.59 Å². The van der Waals surface area contributed by atoms with Gasteiger partial charge in [0.2, 0.25) is 5.91 Å². The predicted molar refractivity (Wildman–Crippen MR) is 93.1 cm³/mol. The highest BCUT2D eigenvalue weighted by molar-refractivity contribution is 5.98. The molecule has 136 valence electrons. The molecule has 0 aliphatic carbocycles. The summed E-state index contributed by atoms with van der Waals surface area (Å²) in [7, 11) is 0. The number of benzene rings is 1. The number of carbonyl (C=O) groups excluding carboxylic acids is 2. The van der Waals surface area contributed by atoms with Crippen molar-refractivity contribution in [2.24, 2.45) is 5.73 Å². The molecule has 1 aromatic carbocycles. The van der Waals surface area contributed by atoms with Gasteiger partial charge in [0.15, 0.2) is 0 Å². The van der Waals surface area contributed by atoms with Gasteiger partial charge in [-0.2, -0.15) is 0 Å². The van der Waals surface area contributed by atoms with E-state index in [1.54, 1.807) is 23.1 Å². The van der Waals surface area contributed by atoms with Crippen molar-refractivity contribution in [3.63, 3.8) is 0 Å². The molecule has 0 aromatic heterocycles. The van der Waals surface area contributed by atoms with Crippen LogP contribution in [-0.4, -0.2) is 49.0 Å². The number of amides is 2. The van der Waals surface area contributed by atoms with Crippen molar-refractivity contribution in [3.8, 4) is 5.75 Å². The highest BCUT2D eigenvalue weighted by Gasteiger charge is 2.26. The number of hydrogen-bond acceptors (Lipinski definition) is 4. The molecule has 2 rings (SSSR count). The number of nitrogens with one attached hydrogen (secondary N) is 1. The average Bonchev–Trinajstić information content (AvgIpc) is 2.57. The van der Waals surface area contributed by atoms with Gasteiger partial charge < -0.3 is 20.7 Å². The van der Waals surface area contributed by atoms with E-state index in [1.165, 1.54) is 0 Å². The number of carbonyl (C=O) groups is 2. The number of nitrogens with two attached hydrogens (primary N) is 1. The topological polar surface area (TPSA) is 84.7 Å². The summed E-state index contributed by atoms with van der Waals surface area (Å²) in [4.78, 5) is 25.9. The summed E-state index contributed by atoms with van der Waals surface area (Å²) in [5.41, 5.74) is 7.18. The molecule has 0 unspecified atom stereocenters. The Bertz CT molecular complexity index is 674. The van der Waals surface area contributed by atoms with Crippen molar-refractivity contribution >= 4 is 11.8 Å². The summed E-state index contributed by atoms with van der Waals surface area (Å²) in [6.45, 7) is 4.44. The Morgan fingerprint density at radius 2 is 2.24 bits per heavy atom. The minimum Gasteiger partial charge on any atom is -0.489 e. The van der Waals surface area contributed by atoms with Crippen LogP contribution in [0.25, 0.3) is 0 Å². The van der Waals surface area contributed by atoms with Crippen LogP contribution in [0.1, 0.15) is 29.8 Å². The number of nitrogens with zero attached hydrogens (tertiary/aromatic N) is 1. The Labute approximate surface area is 146 Å². The molecule has 1 aromatic rings. The molecule has 3 N–H and O–H groups in total. The van der Waals surface area contributed by atoms with Crippen LogP contribution in [-0.2, 0) is 11.2 Å². The number of hydrogen-bond donors (Lipinski definition) is 2. The minimum atomic E-state index is -0.169. The van der Waals surface area contributed by atoms with Crippen LogP contribution in [0.15, 0.2) is 30.1 Å². The second kappa shape index (κ2) is 8.62. The molecule has 0 saturated heterocycles. The molecular formula is C18H24FN3O3. The summed E-state index contributed by atoms with van der Waals surface area (Å²) >= 11 is 0. The summed E-state index contributed by atoms with van der Waals surface area (Å²) in [6, 6.07) is 5.17. The molecule has 1 aliphatic heterocycles. The van der Waals surface area contributed by atoms with Gasteiger partial charge in [0.05, 0.1) is 12.9 Å². The summed E-state index contributed by atoms with van der Waals surface area (Å²) < 4.78 is 18.0. The fourth-order valence-electron chi connectivity index (χ4n) is 2.61. The number of rotatable bonds is 7. The van der Waals surface area contributed by atoms with Crippen molar-refractivity contribution in [1.82, 2.24) is 10.2 Å². The van der Waals surface area contributed by atoms with Crippen molar-refractivity contribution in [1.29, 1.82) is 0 Å². The maximum absolute atomic E-state index is 12.5. The zero-order valence-electron chi connectivity index (χ0n) is 14.5. The molecule has 25 heavy (non-hydrogen) atoms. The van der Waals surface area contributed by atoms with E-state index in [4.69, 9.17) is 10.5 Å². The lowest BCUT2D eigenvalue weighted by molar-refractivity contribution is -0.122. The number of fused-ring (bicyclic) bond motifs is 1. The van der Waals surface area contributed by atoms with Crippen molar-refractivity contribution in [3.05, 3.63) is 41.2 Å². The fraction of sp³-hybridized carbons (Fsp3) is 0.444. The largest absolute Gasteiger partial charge is 0.489 e. The summed E-state index contributed by atoms with van der Waals surface area (Å²) in [6.07, 6.45) is 1.08. The first-order valence-corrected chi connectivity index (χ1v) is 8.27. The first-order valence-electron chi connectivity index (χ1n) is 8.27. The monoisotopic (exact) mass is 349 g/mol. The maximum Gasteiger partial charge on any atom is 0.254 e. The summed E-state index contributed by atoms with van der Waals surface area (Å²) in [5, 5.41) is 2.78. The van der Waals surface area contributed by atoms with E-state index in [9.17, 15) is 14.0 Å². The van der Waals surface area contributed by atoms with E-state index in [0.717, 1.165) is 5.56 Å². The second-order valence-electron chi connectivity index (χ2n) is 6.28. The Balaban J connectivity index is 2.03. The van der Waals surface area contributed by atoms with Gasteiger partial charge in [-0.05, 0) is 44.0 Å². The van der Waals surface area contributed by atoms with Crippen LogP contribution < -0.4 is 15.8 Å². The van der Waals surface area contributed by atoms with E-state index < -0.39 is 0 Å². The van der Waals surface area contributed by atoms with Gasteiger partial charge in [0, 0.05) is 30.3 Å². The third-order valence-electron chi connectivity index (χ3n) is 3.87. The van der Waals surface area contributed by atoms with Crippen molar-refractivity contribution < 1.29 is 18.7 Å². The predicted octanol–water partition coefficient (Wildman–Crippen LogP) is 1.40. The highest BCUT2D eigenvalue weighted by atomic mass is 19.1. The van der Waals surface area contributed by atoms with E-state index in [2.05, 4.69) is 5.32 Å². The quantitative estimate of drug-likeness (QED) is 0.779. The molecule has 0 spiro atoms. The molecule has 0 fully saturated rings. The van der Waals surface area contributed by atoms with Crippen LogP contribution in [0, 0.1) is 0 Å². The first-order chi connectivity index (χ1) is 11.9. The second-order valence-corrected chi connectivity index (χ2v) is 6.28. The van der Waals surface area contributed by atoms with Gasteiger partial charge in [0.25, 0.3) is 5.91 Å². The Hall–Kier alpha value is -2.41. The van der Waals surface area contributed by atoms with Gasteiger partial charge >= 0.3 is 0 Å². The number of halogens is 1. The fourth-order valence-corrected chi connectivity index (χ4v) is 2.61. The molecule has 0 saturated carbocycles. The molecule has 1 heterocycles. The van der Waals surface area contributed by atoms with Gasteiger partial charge in [-0.1, -0.05) is 0 Å². The standard InChI is InChI=1S/C18H24FN3O3/c1-12(2)21-17(23)10-22-6-5-14-7-15(3-4-16(14)18(22)24)25-11-13(8-19)9-20/h3-4,7-8,12H,5-6,9-11,20H2,1-2H3,(H,21,23)/b13-8+. The highest BCUT2D eigenvalue weighted by Crippen LogP contribution is 2.24. The van der Waals surface area contributed by atoms with Crippen LogP contribution in [0.2, 0.25) is 0 Å². The zero-order chi connectivity index (χ0) is 18.4. The molecule has 6 nitrogen and oxygen atoms in total. The molecule has 7 heteroatoms. The molecular weight excluding hydrogens is 325 g/mol. The van der Waals surface area contributed by atoms with Crippen LogP contribution in [0.4, 0.5) is 4.39 Å². The SMILES string of the molecule is CC(C)NC(=O)CN1CCc2cc(OC/C(=C/F)CN)ccc2C1=O. The lowest BCUT2D eigenvalue weighted by Crippen LogP contribution is -2.45. The van der Waals surface area contributed by atoms with Crippen LogP contribution >= 0.6 is 0 Å². The van der Waals surface area contributed by atoms with Crippen molar-refractivity contribution in [2.45, 2.75) is 26.3 Å². The Kier molecular flexibility index (Phi) is 6.52. The van der Waals surface area contributed by atoms with E-state index >= 15 is 0 Å². The smallest absolute Gasteiger partial charge is 0.254 e. The van der Waals surface area contributed by atoms with Gasteiger partial charge in [-0.25, -0.2) is 4.39 Å². The molecule has 0 atom stereocenters. The lowest BCUT2D eigenvalue weighted by Gasteiger charge is -2.28. The molecule has 0 bridgehead atoms. The van der Waals surface area contributed by atoms with Gasteiger partial charge in [-0.15, -0.1) is 0 Å². The molecule has 2 amide bonds. The lowest BCUT2D eigenvalue weighted by atomic mass is 9.98.